The van der Waals surface area contributed by atoms with Gasteiger partial charge in [-0.25, -0.2) is 4.79 Å². The van der Waals surface area contributed by atoms with Crippen molar-refractivity contribution >= 4 is 17.7 Å². The van der Waals surface area contributed by atoms with E-state index in [9.17, 15) is 9.59 Å². The molecule has 1 aromatic carbocycles. The van der Waals surface area contributed by atoms with Gasteiger partial charge in [-0.15, -0.1) is 0 Å². The van der Waals surface area contributed by atoms with Crippen molar-refractivity contribution in [3.8, 4) is 5.75 Å². The maximum absolute atomic E-state index is 12.0. The smallest absolute Gasteiger partial charge is 0.414 e. The van der Waals surface area contributed by atoms with Gasteiger partial charge in [0.1, 0.15) is 11.9 Å². The zero-order valence-corrected chi connectivity index (χ0v) is 12.6. The first-order valence-corrected chi connectivity index (χ1v) is 7.62. The Kier molecular flexibility index (Phi) is 4.18. The molecule has 1 saturated heterocycles. The molecule has 2 amide bonds. The van der Waals surface area contributed by atoms with Gasteiger partial charge in [-0.2, -0.15) is 0 Å². The highest BCUT2D eigenvalue weighted by molar-refractivity contribution is 5.90. The van der Waals surface area contributed by atoms with E-state index in [2.05, 4.69) is 5.32 Å². The number of benzene rings is 1. The molecule has 1 unspecified atom stereocenters. The van der Waals surface area contributed by atoms with Gasteiger partial charge in [0.2, 0.25) is 5.91 Å². The van der Waals surface area contributed by atoms with Crippen molar-refractivity contribution in [2.24, 2.45) is 0 Å². The lowest BCUT2D eigenvalue weighted by molar-refractivity contribution is -0.119. The number of ether oxygens (including phenoxy) is 2. The van der Waals surface area contributed by atoms with Gasteiger partial charge in [0.15, 0.2) is 0 Å². The second kappa shape index (κ2) is 6.25. The van der Waals surface area contributed by atoms with E-state index < -0.39 is 0 Å². The fourth-order valence-corrected chi connectivity index (χ4v) is 2.77. The third-order valence-electron chi connectivity index (χ3n) is 3.91. The summed E-state index contributed by atoms with van der Waals surface area (Å²) in [5.74, 6) is 0.778. The Morgan fingerprint density at radius 3 is 3.09 bits per heavy atom. The molecule has 3 rings (SSSR count). The van der Waals surface area contributed by atoms with Crippen LogP contribution in [0.15, 0.2) is 18.2 Å². The van der Waals surface area contributed by atoms with Crippen LogP contribution in [0.4, 0.5) is 10.5 Å². The first-order chi connectivity index (χ1) is 10.6. The SMILES string of the molecule is CC(=O)NCC1CN(c2ccc3c(c2)CCCCO3)C(=O)O1. The van der Waals surface area contributed by atoms with Crippen LogP contribution in [-0.4, -0.2) is 37.8 Å². The van der Waals surface area contributed by atoms with Crippen LogP contribution in [0.25, 0.3) is 0 Å². The van der Waals surface area contributed by atoms with Crippen LogP contribution in [0.5, 0.6) is 5.75 Å². The van der Waals surface area contributed by atoms with Gasteiger partial charge in [0, 0.05) is 12.6 Å². The predicted octanol–water partition coefficient (Wildman–Crippen LogP) is 1.86. The number of fused-ring (bicyclic) bond motifs is 1. The molecular weight excluding hydrogens is 284 g/mol. The minimum Gasteiger partial charge on any atom is -0.493 e. The van der Waals surface area contributed by atoms with Gasteiger partial charge in [-0.05, 0) is 43.0 Å². The number of amides is 2. The number of hydrogen-bond donors (Lipinski definition) is 1. The average molecular weight is 304 g/mol. The summed E-state index contributed by atoms with van der Waals surface area (Å²) in [7, 11) is 0. The van der Waals surface area contributed by atoms with Gasteiger partial charge in [-0.1, -0.05) is 0 Å². The van der Waals surface area contributed by atoms with Crippen molar-refractivity contribution in [1.82, 2.24) is 5.32 Å². The van der Waals surface area contributed by atoms with Gasteiger partial charge in [-0.3, -0.25) is 9.69 Å². The predicted molar refractivity (Wildman–Crippen MR) is 81.2 cm³/mol. The minimum absolute atomic E-state index is 0.128. The number of nitrogens with one attached hydrogen (secondary N) is 1. The Labute approximate surface area is 129 Å². The first kappa shape index (κ1) is 14.7. The van der Waals surface area contributed by atoms with E-state index >= 15 is 0 Å². The van der Waals surface area contributed by atoms with Crippen molar-refractivity contribution in [2.75, 3.05) is 24.6 Å². The average Bonchev–Trinajstić information content (AvgIpc) is 2.71. The monoisotopic (exact) mass is 304 g/mol. The van der Waals surface area contributed by atoms with Gasteiger partial charge in [0.25, 0.3) is 0 Å². The number of cyclic esters (lactones) is 1. The summed E-state index contributed by atoms with van der Waals surface area (Å²) in [6.07, 6.45) is 2.42. The molecule has 0 radical (unpaired) electrons. The molecule has 0 bridgehead atoms. The number of rotatable bonds is 3. The van der Waals surface area contributed by atoms with E-state index in [4.69, 9.17) is 9.47 Å². The summed E-state index contributed by atoms with van der Waals surface area (Å²) in [5, 5.41) is 2.68. The van der Waals surface area contributed by atoms with Crippen molar-refractivity contribution in [1.29, 1.82) is 0 Å². The van der Waals surface area contributed by atoms with E-state index in [1.54, 1.807) is 4.90 Å². The second-order valence-corrected chi connectivity index (χ2v) is 5.65. The van der Waals surface area contributed by atoms with E-state index in [-0.39, 0.29) is 18.1 Å². The quantitative estimate of drug-likeness (QED) is 0.925. The molecule has 1 N–H and O–H groups in total. The van der Waals surface area contributed by atoms with Crippen LogP contribution in [0.1, 0.15) is 25.3 Å². The molecule has 2 aliphatic heterocycles. The Morgan fingerprint density at radius 2 is 2.27 bits per heavy atom. The fourth-order valence-electron chi connectivity index (χ4n) is 2.77. The molecular formula is C16H20N2O4. The van der Waals surface area contributed by atoms with Crippen LogP contribution in [0.2, 0.25) is 0 Å². The maximum Gasteiger partial charge on any atom is 0.414 e. The summed E-state index contributed by atoms with van der Waals surface area (Å²) in [5.41, 5.74) is 1.95. The van der Waals surface area contributed by atoms with Gasteiger partial charge >= 0.3 is 6.09 Å². The van der Waals surface area contributed by atoms with Gasteiger partial charge < -0.3 is 14.8 Å². The highest BCUT2D eigenvalue weighted by Gasteiger charge is 2.32. The Bertz CT molecular complexity index is 588. The molecule has 1 fully saturated rings. The third kappa shape index (κ3) is 3.16. The molecule has 0 spiro atoms. The lowest BCUT2D eigenvalue weighted by Crippen LogP contribution is -2.33. The van der Waals surface area contributed by atoms with Crippen LogP contribution in [0.3, 0.4) is 0 Å². The van der Waals surface area contributed by atoms with Crippen molar-refractivity contribution in [3.63, 3.8) is 0 Å². The second-order valence-electron chi connectivity index (χ2n) is 5.65. The Balaban J connectivity index is 1.72. The molecule has 0 saturated carbocycles. The van der Waals surface area contributed by atoms with E-state index in [1.807, 2.05) is 18.2 Å². The van der Waals surface area contributed by atoms with Gasteiger partial charge in [0.05, 0.1) is 19.7 Å². The zero-order chi connectivity index (χ0) is 15.5. The topological polar surface area (TPSA) is 67.9 Å². The number of carbonyl (C=O) groups is 2. The number of nitrogens with zero attached hydrogens (tertiary/aromatic N) is 1. The molecule has 0 aliphatic carbocycles. The minimum atomic E-state index is -0.371. The normalized spacial score (nSPS) is 20.7. The zero-order valence-electron chi connectivity index (χ0n) is 12.6. The Hall–Kier alpha value is -2.24. The maximum atomic E-state index is 12.0. The van der Waals surface area contributed by atoms with E-state index in [1.165, 1.54) is 6.92 Å². The van der Waals surface area contributed by atoms with E-state index in [0.29, 0.717) is 13.1 Å². The lowest BCUT2D eigenvalue weighted by Gasteiger charge is -2.16. The summed E-state index contributed by atoms with van der Waals surface area (Å²) in [6, 6.07) is 5.80. The molecule has 2 aliphatic rings. The molecule has 22 heavy (non-hydrogen) atoms. The molecule has 1 atom stereocenters. The van der Waals surface area contributed by atoms with E-state index in [0.717, 1.165) is 42.9 Å². The summed E-state index contributed by atoms with van der Waals surface area (Å²) in [6.45, 7) is 2.97. The Morgan fingerprint density at radius 1 is 1.41 bits per heavy atom. The largest absolute Gasteiger partial charge is 0.493 e. The lowest BCUT2D eigenvalue weighted by atomic mass is 10.1. The van der Waals surface area contributed by atoms with Crippen molar-refractivity contribution < 1.29 is 19.1 Å². The van der Waals surface area contributed by atoms with Crippen molar-refractivity contribution in [2.45, 2.75) is 32.3 Å². The summed E-state index contributed by atoms with van der Waals surface area (Å²) in [4.78, 5) is 24.6. The molecule has 2 heterocycles. The van der Waals surface area contributed by atoms with Crippen LogP contribution in [0, 0.1) is 0 Å². The first-order valence-electron chi connectivity index (χ1n) is 7.62. The summed E-state index contributed by atoms with van der Waals surface area (Å²) < 4.78 is 11.0. The third-order valence-corrected chi connectivity index (χ3v) is 3.91. The fraction of sp³-hybridized carbons (Fsp3) is 0.500. The van der Waals surface area contributed by atoms with Crippen LogP contribution < -0.4 is 15.0 Å². The molecule has 1 aromatic rings. The highest BCUT2D eigenvalue weighted by atomic mass is 16.6. The number of carbonyl (C=O) groups excluding carboxylic acids is 2. The number of aryl methyl sites for hydroxylation is 1. The number of hydrogen-bond acceptors (Lipinski definition) is 4. The highest BCUT2D eigenvalue weighted by Crippen LogP contribution is 2.30. The molecule has 118 valence electrons. The van der Waals surface area contributed by atoms with Crippen molar-refractivity contribution in [3.05, 3.63) is 23.8 Å². The molecule has 0 aromatic heterocycles. The van der Waals surface area contributed by atoms with Crippen LogP contribution in [-0.2, 0) is 16.0 Å². The molecule has 6 heteroatoms. The molecule has 6 nitrogen and oxygen atoms in total. The standard InChI is InChI=1S/C16H20N2O4/c1-11(19)17-9-14-10-18(16(20)22-14)13-5-6-15-12(8-13)4-2-3-7-21-15/h5-6,8,14H,2-4,7,9-10H2,1H3,(H,17,19). The number of anilines is 1. The van der Waals surface area contributed by atoms with Crippen LogP contribution >= 0.6 is 0 Å². The summed E-state index contributed by atoms with van der Waals surface area (Å²) >= 11 is 0.